The number of esters is 1. The van der Waals surface area contributed by atoms with Crippen molar-refractivity contribution in [3.63, 3.8) is 0 Å². The Kier molecular flexibility index (Phi) is 6.81. The Balaban J connectivity index is 1.77. The number of hydrogen-bond donors (Lipinski definition) is 1. The number of rotatable bonds is 5. The van der Waals surface area contributed by atoms with Crippen LogP contribution in [0.5, 0.6) is 0 Å². The molecule has 0 fully saturated rings. The zero-order valence-electron chi connectivity index (χ0n) is 18.5. The molecule has 0 aliphatic heterocycles. The van der Waals surface area contributed by atoms with E-state index in [1.54, 1.807) is 13.0 Å². The fourth-order valence-corrected chi connectivity index (χ4v) is 5.08. The molecule has 1 aliphatic rings. The lowest BCUT2D eigenvalue weighted by Gasteiger charge is -2.18. The van der Waals surface area contributed by atoms with Crippen LogP contribution in [0.4, 0.5) is 5.00 Å². The van der Waals surface area contributed by atoms with Gasteiger partial charge in [-0.3, -0.25) is 4.79 Å². The van der Waals surface area contributed by atoms with Crippen molar-refractivity contribution >= 4 is 34.3 Å². The predicted octanol–water partition coefficient (Wildman–Crippen LogP) is 6.00. The highest BCUT2D eigenvalue weighted by molar-refractivity contribution is 7.17. The Morgan fingerprint density at radius 1 is 1.23 bits per heavy atom. The molecule has 0 radical (unpaired) electrons. The van der Waals surface area contributed by atoms with Crippen LogP contribution < -0.4 is 5.32 Å². The third-order valence-corrected chi connectivity index (χ3v) is 6.60. The molecule has 0 spiro atoms. The Morgan fingerprint density at radius 3 is 2.57 bits per heavy atom. The smallest absolute Gasteiger partial charge is 0.341 e. The lowest BCUT2D eigenvalue weighted by molar-refractivity contribution is -0.111. The van der Waals surface area contributed by atoms with Gasteiger partial charge in [-0.15, -0.1) is 11.3 Å². The van der Waals surface area contributed by atoms with E-state index in [-0.39, 0.29) is 17.3 Å². The predicted molar refractivity (Wildman–Crippen MR) is 124 cm³/mol. The van der Waals surface area contributed by atoms with Crippen LogP contribution in [0.1, 0.15) is 73.0 Å². The van der Waals surface area contributed by atoms with Gasteiger partial charge in [-0.25, -0.2) is 4.79 Å². The summed E-state index contributed by atoms with van der Waals surface area (Å²) >= 11 is 1.51. The lowest BCUT2D eigenvalue weighted by atomic mass is 9.87. The molecule has 1 aromatic heterocycles. The molecule has 30 heavy (non-hydrogen) atoms. The summed E-state index contributed by atoms with van der Waals surface area (Å²) < 4.78 is 5.27. The number of anilines is 1. The lowest BCUT2D eigenvalue weighted by Crippen LogP contribution is -2.15. The van der Waals surface area contributed by atoms with Gasteiger partial charge in [0.2, 0.25) is 5.91 Å². The van der Waals surface area contributed by atoms with E-state index in [1.807, 2.05) is 12.1 Å². The van der Waals surface area contributed by atoms with Crippen LogP contribution in [0.15, 0.2) is 30.3 Å². The monoisotopic (exact) mass is 425 g/mol. The number of ether oxygens (including phenoxy) is 1. The molecule has 5 heteroatoms. The molecule has 160 valence electrons. The van der Waals surface area contributed by atoms with Crippen molar-refractivity contribution in [3.8, 4) is 0 Å². The van der Waals surface area contributed by atoms with E-state index in [0.29, 0.717) is 23.1 Å². The average molecular weight is 426 g/mol. The molecule has 2 aromatic rings. The van der Waals surface area contributed by atoms with Gasteiger partial charge in [-0.1, -0.05) is 52.0 Å². The molecule has 1 amide bonds. The van der Waals surface area contributed by atoms with Crippen LogP contribution in [-0.4, -0.2) is 18.5 Å². The van der Waals surface area contributed by atoms with Crippen molar-refractivity contribution in [1.82, 2.24) is 0 Å². The van der Waals surface area contributed by atoms with Crippen molar-refractivity contribution < 1.29 is 14.3 Å². The van der Waals surface area contributed by atoms with E-state index >= 15 is 0 Å². The minimum Gasteiger partial charge on any atom is -0.462 e. The van der Waals surface area contributed by atoms with Crippen LogP contribution >= 0.6 is 11.3 Å². The van der Waals surface area contributed by atoms with Gasteiger partial charge in [0, 0.05) is 11.0 Å². The summed E-state index contributed by atoms with van der Waals surface area (Å²) in [6.07, 6.45) is 6.16. The summed E-state index contributed by atoms with van der Waals surface area (Å²) in [5.41, 5.74) is 3.90. The molecule has 0 bridgehead atoms. The summed E-state index contributed by atoms with van der Waals surface area (Å²) in [4.78, 5) is 26.3. The molecule has 1 unspecified atom stereocenters. The van der Waals surface area contributed by atoms with Gasteiger partial charge in [0.1, 0.15) is 5.00 Å². The number of nitrogens with one attached hydrogen (secondary N) is 1. The molecule has 0 saturated carbocycles. The molecule has 1 heterocycles. The van der Waals surface area contributed by atoms with Crippen molar-refractivity contribution in [1.29, 1.82) is 0 Å². The highest BCUT2D eigenvalue weighted by Gasteiger charge is 2.28. The number of carbonyl (C=O) groups excluding carboxylic acids is 2. The quantitative estimate of drug-likeness (QED) is 0.472. The maximum absolute atomic E-state index is 12.6. The summed E-state index contributed by atoms with van der Waals surface area (Å²) in [5, 5.41) is 3.52. The third kappa shape index (κ3) is 5.20. The Hall–Kier alpha value is -2.40. The van der Waals surface area contributed by atoms with E-state index in [4.69, 9.17) is 4.74 Å². The normalized spacial score (nSPS) is 16.4. The first-order valence-electron chi connectivity index (χ1n) is 10.6. The minimum atomic E-state index is -0.346. The molecule has 4 nitrogen and oxygen atoms in total. The minimum absolute atomic E-state index is 0.0961. The van der Waals surface area contributed by atoms with Crippen molar-refractivity contribution in [3.05, 3.63) is 57.5 Å². The standard InChI is InChI=1S/C25H31NO3S/c1-6-29-24(28)22-19-13-7-16(2)15-20(19)30-23(22)26-21(27)14-10-17-8-11-18(12-9-17)25(3,4)5/h8-12,14,16H,6-7,13,15H2,1-5H3,(H,26,27). The molecule has 3 rings (SSSR count). The van der Waals surface area contributed by atoms with E-state index in [0.717, 1.165) is 30.4 Å². The highest BCUT2D eigenvalue weighted by atomic mass is 32.1. The molecular weight excluding hydrogens is 394 g/mol. The number of thiophene rings is 1. The second kappa shape index (κ2) is 9.17. The third-order valence-electron chi connectivity index (χ3n) is 5.43. The molecule has 0 saturated heterocycles. The zero-order chi connectivity index (χ0) is 21.9. The van der Waals surface area contributed by atoms with Gasteiger partial charge in [0.25, 0.3) is 0 Å². The number of benzene rings is 1. The number of hydrogen-bond acceptors (Lipinski definition) is 4. The maximum Gasteiger partial charge on any atom is 0.341 e. The Bertz CT molecular complexity index is 948. The van der Waals surface area contributed by atoms with Crippen molar-refractivity contribution in [2.24, 2.45) is 5.92 Å². The second-order valence-corrected chi connectivity index (χ2v) is 10.1. The van der Waals surface area contributed by atoms with Crippen LogP contribution in [0.25, 0.3) is 6.08 Å². The van der Waals surface area contributed by atoms with Crippen LogP contribution in [0.3, 0.4) is 0 Å². The summed E-state index contributed by atoms with van der Waals surface area (Å²) in [6, 6.07) is 8.20. The van der Waals surface area contributed by atoms with Gasteiger partial charge in [-0.05, 0) is 60.3 Å². The number of fused-ring (bicyclic) bond motifs is 1. The molecule has 1 aliphatic carbocycles. The fourth-order valence-electron chi connectivity index (χ4n) is 3.68. The fraction of sp³-hybridized carbons (Fsp3) is 0.440. The molecule has 1 aromatic carbocycles. The van der Waals surface area contributed by atoms with Gasteiger partial charge >= 0.3 is 5.97 Å². The average Bonchev–Trinajstić information content (AvgIpc) is 3.03. The van der Waals surface area contributed by atoms with Gasteiger partial charge in [0.15, 0.2) is 0 Å². The maximum atomic E-state index is 12.6. The van der Waals surface area contributed by atoms with E-state index < -0.39 is 0 Å². The number of carbonyl (C=O) groups is 2. The van der Waals surface area contributed by atoms with Gasteiger partial charge in [0.05, 0.1) is 12.2 Å². The van der Waals surface area contributed by atoms with Crippen LogP contribution in [0.2, 0.25) is 0 Å². The molecule has 1 N–H and O–H groups in total. The Morgan fingerprint density at radius 2 is 1.93 bits per heavy atom. The van der Waals surface area contributed by atoms with Crippen LogP contribution in [-0.2, 0) is 27.8 Å². The summed E-state index contributed by atoms with van der Waals surface area (Å²) in [6.45, 7) is 10.9. The molecule has 1 atom stereocenters. The first-order valence-corrected chi connectivity index (χ1v) is 11.4. The zero-order valence-corrected chi connectivity index (χ0v) is 19.3. The van der Waals surface area contributed by atoms with E-state index in [9.17, 15) is 9.59 Å². The SMILES string of the molecule is CCOC(=O)c1c(NC(=O)C=Cc2ccc(C(C)(C)C)cc2)sc2c1CCC(C)C2. The topological polar surface area (TPSA) is 55.4 Å². The second-order valence-electron chi connectivity index (χ2n) is 8.97. The first-order chi connectivity index (χ1) is 14.2. The summed E-state index contributed by atoms with van der Waals surface area (Å²) in [5.74, 6) is -0.000550. The van der Waals surface area contributed by atoms with Crippen LogP contribution in [0, 0.1) is 5.92 Å². The van der Waals surface area contributed by atoms with Gasteiger partial charge in [-0.2, -0.15) is 0 Å². The van der Waals surface area contributed by atoms with Gasteiger partial charge < -0.3 is 10.1 Å². The van der Waals surface area contributed by atoms with Crippen molar-refractivity contribution in [2.45, 2.75) is 59.3 Å². The number of amides is 1. The summed E-state index contributed by atoms with van der Waals surface area (Å²) in [7, 11) is 0. The Labute approximate surface area is 183 Å². The highest BCUT2D eigenvalue weighted by Crippen LogP contribution is 2.40. The van der Waals surface area contributed by atoms with E-state index in [2.05, 4.69) is 45.1 Å². The van der Waals surface area contributed by atoms with Crippen molar-refractivity contribution in [2.75, 3.05) is 11.9 Å². The largest absolute Gasteiger partial charge is 0.462 e. The van der Waals surface area contributed by atoms with E-state index in [1.165, 1.54) is 27.9 Å². The first kappa shape index (κ1) is 22.3. The molecular formula is C25H31NO3S.